The second-order valence-corrected chi connectivity index (χ2v) is 3.42. The van der Waals surface area contributed by atoms with E-state index in [2.05, 4.69) is 5.32 Å². The Morgan fingerprint density at radius 1 is 1.25 bits per heavy atom. The Kier molecular flexibility index (Phi) is 2.96. The zero-order valence-corrected chi connectivity index (χ0v) is 7.78. The van der Waals surface area contributed by atoms with Gasteiger partial charge in [-0.05, 0) is 32.4 Å². The highest BCUT2D eigenvalue weighted by Gasteiger charge is 2.44. The van der Waals surface area contributed by atoms with Crippen molar-refractivity contribution in [3.63, 3.8) is 0 Å². The first-order valence-electron chi connectivity index (χ1n) is 4.21. The van der Waals surface area contributed by atoms with E-state index >= 15 is 0 Å². The van der Waals surface area contributed by atoms with Gasteiger partial charge in [-0.3, -0.25) is 4.79 Å². The summed E-state index contributed by atoms with van der Waals surface area (Å²) in [4.78, 5) is 11.3. The molecule has 2 saturated heterocycles. The fourth-order valence-corrected chi connectivity index (χ4v) is 1.95. The highest BCUT2D eigenvalue weighted by atomic mass is 35.5. The maximum absolute atomic E-state index is 11.3. The monoisotopic (exact) mass is 191 g/mol. The molecule has 2 aliphatic rings. The molecule has 0 radical (unpaired) electrons. The van der Waals surface area contributed by atoms with Crippen LogP contribution in [0.25, 0.3) is 0 Å². The van der Waals surface area contributed by atoms with E-state index in [-0.39, 0.29) is 23.8 Å². The van der Waals surface area contributed by atoms with Crippen molar-refractivity contribution in [3.8, 4) is 0 Å². The predicted octanol–water partition coefficient (Wildman–Crippen LogP) is 0.725. The van der Waals surface area contributed by atoms with Gasteiger partial charge >= 0.3 is 5.97 Å². The van der Waals surface area contributed by atoms with Crippen molar-refractivity contribution < 1.29 is 9.53 Å². The first kappa shape index (κ1) is 9.81. The first-order valence-corrected chi connectivity index (χ1v) is 4.21. The van der Waals surface area contributed by atoms with Gasteiger partial charge < -0.3 is 10.1 Å². The summed E-state index contributed by atoms with van der Waals surface area (Å²) in [5.41, 5.74) is -0.0920. The van der Waals surface area contributed by atoms with Gasteiger partial charge in [0, 0.05) is 0 Å². The third-order valence-electron chi connectivity index (χ3n) is 2.81. The van der Waals surface area contributed by atoms with Crippen molar-refractivity contribution in [2.45, 2.75) is 19.3 Å². The average molecular weight is 192 g/mol. The molecule has 0 atom stereocenters. The van der Waals surface area contributed by atoms with Gasteiger partial charge in [-0.25, -0.2) is 0 Å². The van der Waals surface area contributed by atoms with Crippen molar-refractivity contribution >= 4 is 18.4 Å². The van der Waals surface area contributed by atoms with Crippen LogP contribution in [0.2, 0.25) is 0 Å². The molecule has 0 bridgehead atoms. The van der Waals surface area contributed by atoms with Gasteiger partial charge in [-0.1, -0.05) is 0 Å². The summed E-state index contributed by atoms with van der Waals surface area (Å²) in [6.45, 7) is 2.57. The van der Waals surface area contributed by atoms with E-state index < -0.39 is 0 Å². The number of esters is 1. The molecule has 0 amide bonds. The number of halogens is 1. The molecule has 0 aliphatic carbocycles. The van der Waals surface area contributed by atoms with E-state index in [4.69, 9.17) is 4.74 Å². The maximum atomic E-state index is 11.3. The van der Waals surface area contributed by atoms with Crippen LogP contribution in [0.4, 0.5) is 0 Å². The van der Waals surface area contributed by atoms with Crippen LogP contribution in [-0.4, -0.2) is 25.7 Å². The van der Waals surface area contributed by atoms with Crippen LogP contribution in [-0.2, 0) is 9.53 Å². The van der Waals surface area contributed by atoms with Gasteiger partial charge in [0.2, 0.25) is 0 Å². The van der Waals surface area contributed by atoms with Crippen LogP contribution in [0.5, 0.6) is 0 Å². The first-order chi connectivity index (χ1) is 5.33. The normalized spacial score (nSPS) is 26.5. The maximum Gasteiger partial charge on any atom is 0.312 e. The molecular weight excluding hydrogens is 178 g/mol. The van der Waals surface area contributed by atoms with E-state index in [0.717, 1.165) is 32.4 Å². The molecule has 12 heavy (non-hydrogen) atoms. The minimum absolute atomic E-state index is 0. The Morgan fingerprint density at radius 2 is 1.92 bits per heavy atom. The quantitative estimate of drug-likeness (QED) is 0.574. The van der Waals surface area contributed by atoms with Crippen molar-refractivity contribution in [2.24, 2.45) is 5.41 Å². The molecular formula is C8H14ClNO2. The molecule has 2 aliphatic heterocycles. The summed E-state index contributed by atoms with van der Waals surface area (Å²) < 4.78 is 4.98. The van der Waals surface area contributed by atoms with Crippen molar-refractivity contribution in [2.75, 3.05) is 19.7 Å². The predicted molar refractivity (Wildman–Crippen MR) is 47.4 cm³/mol. The molecule has 2 heterocycles. The van der Waals surface area contributed by atoms with E-state index in [9.17, 15) is 4.79 Å². The molecule has 0 saturated carbocycles. The fourth-order valence-electron chi connectivity index (χ4n) is 1.95. The van der Waals surface area contributed by atoms with Gasteiger partial charge in [0.25, 0.3) is 0 Å². The minimum Gasteiger partial charge on any atom is -0.465 e. The number of ether oxygens (including phenoxy) is 1. The lowest BCUT2D eigenvalue weighted by atomic mass is 9.78. The third kappa shape index (κ3) is 1.43. The molecule has 0 aromatic carbocycles. The molecule has 0 unspecified atom stereocenters. The third-order valence-corrected chi connectivity index (χ3v) is 2.81. The summed E-state index contributed by atoms with van der Waals surface area (Å²) in [5.74, 6) is 0.0407. The SMILES string of the molecule is Cl.O=C1OCCC12CCNCC2. The second kappa shape index (κ2) is 3.62. The van der Waals surface area contributed by atoms with E-state index in [1.807, 2.05) is 0 Å². The Morgan fingerprint density at radius 3 is 2.42 bits per heavy atom. The number of piperidine rings is 1. The zero-order chi connectivity index (χ0) is 7.73. The van der Waals surface area contributed by atoms with Crippen LogP contribution in [0.15, 0.2) is 0 Å². The smallest absolute Gasteiger partial charge is 0.312 e. The molecule has 2 fully saturated rings. The van der Waals surface area contributed by atoms with Gasteiger partial charge in [-0.15, -0.1) is 12.4 Å². The summed E-state index contributed by atoms with van der Waals surface area (Å²) in [5, 5.41) is 3.25. The second-order valence-electron chi connectivity index (χ2n) is 3.42. The number of carbonyl (C=O) groups excluding carboxylic acids is 1. The standard InChI is InChI=1S/C8H13NO2.ClH/c10-7-8(3-6-11-7)1-4-9-5-2-8;/h9H,1-6H2;1H. The Hall–Kier alpha value is -0.280. The lowest BCUT2D eigenvalue weighted by molar-refractivity contribution is -0.147. The zero-order valence-electron chi connectivity index (χ0n) is 6.97. The van der Waals surface area contributed by atoms with Gasteiger partial charge in [0.15, 0.2) is 0 Å². The van der Waals surface area contributed by atoms with Crippen molar-refractivity contribution in [3.05, 3.63) is 0 Å². The number of nitrogens with one attached hydrogen (secondary N) is 1. The molecule has 2 rings (SSSR count). The molecule has 1 spiro atoms. The van der Waals surface area contributed by atoms with E-state index in [1.165, 1.54) is 0 Å². The van der Waals surface area contributed by atoms with Crippen LogP contribution < -0.4 is 5.32 Å². The number of cyclic esters (lactones) is 1. The largest absolute Gasteiger partial charge is 0.465 e. The van der Waals surface area contributed by atoms with Gasteiger partial charge in [0.05, 0.1) is 12.0 Å². The van der Waals surface area contributed by atoms with Crippen molar-refractivity contribution in [1.29, 1.82) is 0 Å². The topological polar surface area (TPSA) is 38.3 Å². The number of hydrogen-bond acceptors (Lipinski definition) is 3. The summed E-state index contributed by atoms with van der Waals surface area (Å²) >= 11 is 0. The lowest BCUT2D eigenvalue weighted by Gasteiger charge is -2.29. The number of rotatable bonds is 0. The average Bonchev–Trinajstić information content (AvgIpc) is 2.36. The molecule has 3 nitrogen and oxygen atoms in total. The van der Waals surface area contributed by atoms with Crippen molar-refractivity contribution in [1.82, 2.24) is 5.32 Å². The number of hydrogen-bond donors (Lipinski definition) is 1. The fraction of sp³-hybridized carbons (Fsp3) is 0.875. The highest BCUT2D eigenvalue weighted by molar-refractivity contribution is 5.85. The van der Waals surface area contributed by atoms with Crippen LogP contribution >= 0.6 is 12.4 Å². The molecule has 4 heteroatoms. The molecule has 0 aromatic rings. The Labute approximate surface area is 78.3 Å². The van der Waals surface area contributed by atoms with Gasteiger partial charge in [0.1, 0.15) is 0 Å². The summed E-state index contributed by atoms with van der Waals surface area (Å²) in [6, 6.07) is 0. The van der Waals surface area contributed by atoms with Crippen LogP contribution in [0.1, 0.15) is 19.3 Å². The number of carbonyl (C=O) groups is 1. The van der Waals surface area contributed by atoms with Crippen LogP contribution in [0, 0.1) is 5.41 Å². The molecule has 70 valence electrons. The molecule has 1 N–H and O–H groups in total. The Bertz CT molecular complexity index is 178. The highest BCUT2D eigenvalue weighted by Crippen LogP contribution is 2.38. The lowest BCUT2D eigenvalue weighted by Crippen LogP contribution is -2.39. The summed E-state index contributed by atoms with van der Waals surface area (Å²) in [7, 11) is 0. The van der Waals surface area contributed by atoms with E-state index in [1.54, 1.807) is 0 Å². The summed E-state index contributed by atoms with van der Waals surface area (Å²) in [6.07, 6.45) is 2.87. The molecule has 0 aromatic heterocycles. The van der Waals surface area contributed by atoms with Crippen LogP contribution in [0.3, 0.4) is 0 Å². The minimum atomic E-state index is -0.0920. The van der Waals surface area contributed by atoms with Gasteiger partial charge in [-0.2, -0.15) is 0 Å². The Balaban J connectivity index is 0.000000720. The van der Waals surface area contributed by atoms with E-state index in [0.29, 0.717) is 6.61 Å².